The molecule has 1 aliphatic carbocycles. The van der Waals surface area contributed by atoms with Gasteiger partial charge in [0.2, 0.25) is 0 Å². The molecule has 2 aliphatic rings. The normalized spacial score (nSPS) is 18.7. The summed E-state index contributed by atoms with van der Waals surface area (Å²) in [4.78, 5) is 11.1. The molecule has 1 atom stereocenters. The number of carbonyl (C=O) groups is 1. The smallest absolute Gasteiger partial charge is 0.416 e. The van der Waals surface area contributed by atoms with Crippen LogP contribution in [0.15, 0.2) is 42.5 Å². The van der Waals surface area contributed by atoms with Crippen LogP contribution >= 0.6 is 0 Å². The molecule has 0 bridgehead atoms. The molecule has 2 aromatic carbocycles. The van der Waals surface area contributed by atoms with Crippen LogP contribution in [0.1, 0.15) is 72.7 Å². The van der Waals surface area contributed by atoms with E-state index in [9.17, 15) is 18.0 Å². The highest BCUT2D eigenvalue weighted by molar-refractivity contribution is 5.83. The molecule has 0 spiro atoms. The van der Waals surface area contributed by atoms with Gasteiger partial charge in [0, 0.05) is 29.1 Å². The van der Waals surface area contributed by atoms with E-state index in [0.717, 1.165) is 55.2 Å². The predicted octanol–water partition coefficient (Wildman–Crippen LogP) is 6.86. The number of aliphatic carboxylic acids is 1. The van der Waals surface area contributed by atoms with Gasteiger partial charge in [-0.25, -0.2) is 0 Å². The van der Waals surface area contributed by atoms with E-state index in [0.29, 0.717) is 16.9 Å². The molecule has 3 aromatic rings. The third-order valence-electron chi connectivity index (χ3n) is 7.07. The number of aromatic nitrogens is 1. The van der Waals surface area contributed by atoms with Crippen LogP contribution in [0.3, 0.4) is 0 Å². The number of rotatable bonds is 6. The molecule has 33 heavy (non-hydrogen) atoms. The van der Waals surface area contributed by atoms with Crippen LogP contribution in [0.2, 0.25) is 0 Å². The zero-order valence-electron chi connectivity index (χ0n) is 18.2. The number of fused-ring (bicyclic) bond motifs is 3. The Bertz CT molecular complexity index is 1190. The lowest BCUT2D eigenvalue weighted by atomic mass is 9.91. The monoisotopic (exact) mass is 457 g/mol. The molecule has 4 nitrogen and oxygen atoms in total. The number of hydrogen-bond donors (Lipinski definition) is 1. The molecule has 7 heteroatoms. The van der Waals surface area contributed by atoms with Gasteiger partial charge in [-0.1, -0.05) is 25.0 Å². The first-order valence-electron chi connectivity index (χ1n) is 11.5. The molecule has 0 radical (unpaired) electrons. The number of alkyl halides is 3. The Kier molecular flexibility index (Phi) is 5.59. The average Bonchev–Trinajstić information content (AvgIpc) is 3.49. The van der Waals surface area contributed by atoms with Crippen LogP contribution in [-0.4, -0.2) is 15.6 Å². The second kappa shape index (κ2) is 8.43. The van der Waals surface area contributed by atoms with Crippen molar-refractivity contribution in [3.63, 3.8) is 0 Å². The second-order valence-corrected chi connectivity index (χ2v) is 9.21. The number of carboxylic acid groups (broad SMARTS) is 1. The topological polar surface area (TPSA) is 51.5 Å². The number of nitrogens with zero attached hydrogens (tertiary/aromatic N) is 1. The Labute approximate surface area is 190 Å². The van der Waals surface area contributed by atoms with Crippen molar-refractivity contribution in [1.82, 2.24) is 4.57 Å². The molecular weight excluding hydrogens is 431 g/mol. The first-order valence-corrected chi connectivity index (χ1v) is 11.5. The van der Waals surface area contributed by atoms with Gasteiger partial charge in [-0.2, -0.15) is 13.2 Å². The molecule has 5 rings (SSSR count). The van der Waals surface area contributed by atoms with E-state index in [2.05, 4.69) is 4.57 Å². The van der Waals surface area contributed by atoms with Gasteiger partial charge in [-0.05, 0) is 66.6 Å². The molecule has 174 valence electrons. The summed E-state index contributed by atoms with van der Waals surface area (Å²) in [6.45, 7) is 0.833. The summed E-state index contributed by atoms with van der Waals surface area (Å²) in [5.41, 5.74) is 2.39. The summed E-state index contributed by atoms with van der Waals surface area (Å²) in [7, 11) is 0. The van der Waals surface area contributed by atoms with Gasteiger partial charge in [0.05, 0.1) is 12.0 Å². The van der Waals surface area contributed by atoms with E-state index in [4.69, 9.17) is 9.84 Å². The lowest BCUT2D eigenvalue weighted by Crippen LogP contribution is -2.12. The Morgan fingerprint density at radius 2 is 1.85 bits per heavy atom. The van der Waals surface area contributed by atoms with Crippen LogP contribution in [0.5, 0.6) is 5.75 Å². The van der Waals surface area contributed by atoms with E-state index >= 15 is 0 Å². The van der Waals surface area contributed by atoms with E-state index in [-0.39, 0.29) is 24.9 Å². The molecular formula is C26H26F3NO3. The number of hydrogen-bond acceptors (Lipinski definition) is 2. The van der Waals surface area contributed by atoms with Crippen molar-refractivity contribution in [1.29, 1.82) is 0 Å². The van der Waals surface area contributed by atoms with Crippen molar-refractivity contribution in [2.24, 2.45) is 0 Å². The molecule has 0 amide bonds. The summed E-state index contributed by atoms with van der Waals surface area (Å²) in [6.07, 6.45) is 0.131. The molecule has 1 saturated carbocycles. The standard InChI is InChI=1S/C26H26F3NO3/c27-26(28,29)22-11-16(5-7-21(22)17-3-1-2-4-17)15-33-20-6-8-23-19(12-20)13-24-18(14-25(31)32)9-10-30(23)24/h5-8,11-13,17-18H,1-4,9-10,14-15H2,(H,31,32). The number of aryl methyl sites for hydroxylation is 1. The van der Waals surface area contributed by atoms with E-state index in [1.165, 1.54) is 6.07 Å². The van der Waals surface area contributed by atoms with Crippen LogP contribution in [-0.2, 0) is 24.1 Å². The van der Waals surface area contributed by atoms with Crippen molar-refractivity contribution in [2.45, 2.75) is 69.7 Å². The minimum absolute atomic E-state index is 0.00144. The fourth-order valence-corrected chi connectivity index (χ4v) is 5.50. The maximum Gasteiger partial charge on any atom is 0.416 e. The molecule has 0 saturated heterocycles. The van der Waals surface area contributed by atoms with Crippen molar-refractivity contribution in [3.05, 3.63) is 64.8 Å². The fraction of sp³-hybridized carbons (Fsp3) is 0.423. The van der Waals surface area contributed by atoms with Crippen molar-refractivity contribution in [2.75, 3.05) is 0 Å². The van der Waals surface area contributed by atoms with Gasteiger partial charge in [-0.3, -0.25) is 4.79 Å². The zero-order valence-corrected chi connectivity index (χ0v) is 18.2. The highest BCUT2D eigenvalue weighted by Gasteiger charge is 2.36. The maximum absolute atomic E-state index is 13.7. The summed E-state index contributed by atoms with van der Waals surface area (Å²) < 4.78 is 49.2. The predicted molar refractivity (Wildman–Crippen MR) is 119 cm³/mol. The molecule has 1 aliphatic heterocycles. The lowest BCUT2D eigenvalue weighted by Gasteiger charge is -2.19. The number of ether oxygens (including phenoxy) is 1. The van der Waals surface area contributed by atoms with Crippen LogP contribution in [0, 0.1) is 0 Å². The Balaban J connectivity index is 1.35. The minimum atomic E-state index is -4.38. The van der Waals surface area contributed by atoms with Gasteiger partial charge >= 0.3 is 12.1 Å². The third-order valence-corrected chi connectivity index (χ3v) is 7.07. The molecule has 1 unspecified atom stereocenters. The lowest BCUT2D eigenvalue weighted by molar-refractivity contribution is -0.139. The average molecular weight is 457 g/mol. The van der Waals surface area contributed by atoms with Gasteiger partial charge in [0.25, 0.3) is 0 Å². The second-order valence-electron chi connectivity index (χ2n) is 9.21. The minimum Gasteiger partial charge on any atom is -0.489 e. The highest BCUT2D eigenvalue weighted by atomic mass is 19.4. The van der Waals surface area contributed by atoms with Crippen molar-refractivity contribution >= 4 is 16.9 Å². The van der Waals surface area contributed by atoms with Crippen molar-refractivity contribution < 1.29 is 27.8 Å². The van der Waals surface area contributed by atoms with E-state index in [1.54, 1.807) is 12.1 Å². The Hall–Kier alpha value is -2.96. The molecule has 1 fully saturated rings. The zero-order chi connectivity index (χ0) is 23.2. The van der Waals surface area contributed by atoms with Gasteiger partial charge < -0.3 is 14.4 Å². The first-order chi connectivity index (χ1) is 15.8. The quantitative estimate of drug-likeness (QED) is 0.440. The van der Waals surface area contributed by atoms with Crippen LogP contribution in [0.25, 0.3) is 10.9 Å². The number of halogens is 3. The summed E-state index contributed by atoms with van der Waals surface area (Å²) in [5.74, 6) is -0.242. The SMILES string of the molecule is O=C(O)CC1CCn2c1cc1cc(OCc3ccc(C4CCCC4)c(C(F)(F)F)c3)ccc12. The van der Waals surface area contributed by atoms with E-state index < -0.39 is 17.7 Å². The van der Waals surface area contributed by atoms with Crippen LogP contribution in [0.4, 0.5) is 13.2 Å². The largest absolute Gasteiger partial charge is 0.489 e. The van der Waals surface area contributed by atoms with Gasteiger partial charge in [0.1, 0.15) is 12.4 Å². The van der Waals surface area contributed by atoms with Gasteiger partial charge in [0.15, 0.2) is 0 Å². The first kappa shape index (κ1) is 21.9. The third kappa shape index (κ3) is 4.33. The van der Waals surface area contributed by atoms with Gasteiger partial charge in [-0.15, -0.1) is 0 Å². The number of benzene rings is 2. The Morgan fingerprint density at radius 3 is 2.58 bits per heavy atom. The summed E-state index contributed by atoms with van der Waals surface area (Å²) in [6, 6.07) is 12.2. The van der Waals surface area contributed by atoms with Crippen molar-refractivity contribution in [3.8, 4) is 5.75 Å². The Morgan fingerprint density at radius 1 is 1.06 bits per heavy atom. The molecule has 1 aromatic heterocycles. The maximum atomic E-state index is 13.7. The molecule has 1 N–H and O–H groups in total. The molecule has 2 heterocycles. The number of carboxylic acids is 1. The van der Waals surface area contributed by atoms with E-state index in [1.807, 2.05) is 24.3 Å². The summed E-state index contributed by atoms with van der Waals surface area (Å²) in [5, 5.41) is 10.1. The summed E-state index contributed by atoms with van der Waals surface area (Å²) >= 11 is 0. The van der Waals surface area contributed by atoms with Crippen LogP contribution < -0.4 is 4.74 Å². The fourth-order valence-electron chi connectivity index (χ4n) is 5.50. The highest BCUT2D eigenvalue weighted by Crippen LogP contribution is 2.42.